The Labute approximate surface area is 222 Å². The molecule has 0 radical (unpaired) electrons. The first-order chi connectivity index (χ1) is 18.1. The van der Waals surface area contributed by atoms with Gasteiger partial charge in [-0.25, -0.2) is 0 Å². The number of benzene rings is 5. The molecule has 0 N–H and O–H groups in total. The third-order valence-corrected chi connectivity index (χ3v) is 13.8. The van der Waals surface area contributed by atoms with Crippen LogP contribution < -0.4 is 20.7 Å². The van der Waals surface area contributed by atoms with Crippen molar-refractivity contribution >= 4 is 39.2 Å². The van der Waals surface area contributed by atoms with Crippen LogP contribution in [-0.2, 0) is 0 Å². The van der Waals surface area contributed by atoms with Crippen LogP contribution in [0.1, 0.15) is 5.56 Å². The Morgan fingerprint density at radius 2 is 1.08 bits per heavy atom. The fraction of sp³-hybridized carbons (Fsp3) is 0.0303. The van der Waals surface area contributed by atoms with Gasteiger partial charge in [0.25, 0.3) is 0 Å². The molecule has 0 unspecified atom stereocenters. The van der Waals surface area contributed by atoms with Crippen molar-refractivity contribution in [2.24, 2.45) is 0 Å². The Bertz CT molecular complexity index is 1390. The monoisotopic (exact) mass is 524 g/mol. The van der Waals surface area contributed by atoms with Crippen molar-refractivity contribution in [3.05, 3.63) is 157 Å². The SMILES string of the molecule is Fc1ccc(/C=C/CP(Cl)(c2ccccc2)(c2ccccc2)c2ccccc2)cc1Oc1ccccc1. The molecule has 5 aromatic rings. The van der Waals surface area contributed by atoms with Gasteiger partial charge < -0.3 is 0 Å². The normalized spacial score (nSPS) is 12.6. The standard InChI is InChI=1S/C33H27ClFOP/c34-37(29-17-7-2-8-18-29,30-19-9-3-10-20-30,31-21-11-4-12-22-31)25-13-14-27-23-24-32(35)33(26-27)36-28-15-5-1-6-16-28/h1-24,26H,25H2/b14-13+. The Hall–Kier alpha value is -3.71. The van der Waals surface area contributed by atoms with E-state index in [1.807, 2.05) is 78.9 Å². The summed E-state index contributed by atoms with van der Waals surface area (Å²) in [5.74, 6) is -3.03. The molecule has 5 rings (SSSR count). The van der Waals surface area contributed by atoms with Crippen molar-refractivity contribution < 1.29 is 9.13 Å². The molecule has 0 bridgehead atoms. The molecule has 0 spiro atoms. The van der Waals surface area contributed by atoms with E-state index in [0.717, 1.165) is 21.5 Å². The zero-order chi connectivity index (χ0) is 25.6. The molecule has 0 aliphatic carbocycles. The van der Waals surface area contributed by atoms with Gasteiger partial charge in [0, 0.05) is 0 Å². The van der Waals surface area contributed by atoms with Crippen LogP contribution in [0.2, 0.25) is 0 Å². The summed E-state index contributed by atoms with van der Waals surface area (Å²) in [5, 5.41) is 3.30. The summed E-state index contributed by atoms with van der Waals surface area (Å²) >= 11 is 8.10. The fourth-order valence-electron chi connectivity index (χ4n) is 4.68. The van der Waals surface area contributed by atoms with Gasteiger partial charge in [0.15, 0.2) is 0 Å². The Morgan fingerprint density at radius 3 is 1.57 bits per heavy atom. The number of hydrogen-bond donors (Lipinski definition) is 0. The average Bonchev–Trinajstić information content (AvgIpc) is 2.97. The molecule has 0 saturated heterocycles. The van der Waals surface area contributed by atoms with Crippen LogP contribution in [0, 0.1) is 5.82 Å². The van der Waals surface area contributed by atoms with Crippen molar-refractivity contribution in [1.82, 2.24) is 0 Å². The molecular formula is C33H27ClFOP. The van der Waals surface area contributed by atoms with E-state index < -0.39 is 11.8 Å². The second-order valence-electron chi connectivity index (χ2n) is 8.88. The van der Waals surface area contributed by atoms with Gasteiger partial charge in [-0.05, 0) is 0 Å². The molecule has 4 heteroatoms. The van der Waals surface area contributed by atoms with Crippen molar-refractivity contribution in [1.29, 1.82) is 0 Å². The van der Waals surface area contributed by atoms with Gasteiger partial charge >= 0.3 is 223 Å². The molecule has 0 atom stereocenters. The van der Waals surface area contributed by atoms with Gasteiger partial charge in [0.2, 0.25) is 0 Å². The van der Waals surface area contributed by atoms with E-state index >= 15 is 0 Å². The summed E-state index contributed by atoms with van der Waals surface area (Å²) in [7, 11) is 0. The van der Waals surface area contributed by atoms with E-state index in [9.17, 15) is 4.39 Å². The van der Waals surface area contributed by atoms with Crippen LogP contribution in [0.4, 0.5) is 4.39 Å². The quantitative estimate of drug-likeness (QED) is 0.185. The van der Waals surface area contributed by atoms with E-state index in [1.54, 1.807) is 24.3 Å². The summed E-state index contributed by atoms with van der Waals surface area (Å²) in [4.78, 5) is 0. The van der Waals surface area contributed by atoms with E-state index in [1.165, 1.54) is 6.07 Å². The summed E-state index contributed by atoms with van der Waals surface area (Å²) in [6.07, 6.45) is 4.70. The Morgan fingerprint density at radius 1 is 0.622 bits per heavy atom. The second kappa shape index (κ2) is 10.7. The summed E-state index contributed by atoms with van der Waals surface area (Å²) in [6, 6.07) is 45.2. The van der Waals surface area contributed by atoms with E-state index in [2.05, 4.69) is 42.5 Å². The topological polar surface area (TPSA) is 9.23 Å². The van der Waals surface area contributed by atoms with Gasteiger partial charge in [0.05, 0.1) is 0 Å². The number of rotatable bonds is 8. The van der Waals surface area contributed by atoms with E-state index in [0.29, 0.717) is 11.9 Å². The van der Waals surface area contributed by atoms with Crippen molar-refractivity contribution in [2.75, 3.05) is 6.16 Å². The molecule has 0 aliphatic rings. The average molecular weight is 525 g/mol. The van der Waals surface area contributed by atoms with Gasteiger partial charge in [0.1, 0.15) is 0 Å². The zero-order valence-electron chi connectivity index (χ0n) is 20.3. The van der Waals surface area contributed by atoms with Crippen molar-refractivity contribution in [3.8, 4) is 11.5 Å². The predicted molar refractivity (Wildman–Crippen MR) is 158 cm³/mol. The molecule has 0 saturated carbocycles. The van der Waals surface area contributed by atoms with E-state index in [4.69, 9.17) is 16.0 Å². The van der Waals surface area contributed by atoms with Crippen LogP contribution in [0.15, 0.2) is 146 Å². The molecular weight excluding hydrogens is 498 g/mol. The van der Waals surface area contributed by atoms with Crippen LogP contribution in [0.25, 0.3) is 6.08 Å². The minimum absolute atomic E-state index is 0.186. The summed E-state index contributed by atoms with van der Waals surface area (Å²) < 4.78 is 20.3. The number of ether oxygens (including phenoxy) is 1. The molecule has 0 heterocycles. The number of halogens is 2. The van der Waals surface area contributed by atoms with Crippen molar-refractivity contribution in [3.63, 3.8) is 0 Å². The summed E-state index contributed by atoms with van der Waals surface area (Å²) in [5.41, 5.74) is 0.836. The van der Waals surface area contributed by atoms with Crippen LogP contribution in [-0.4, -0.2) is 6.16 Å². The number of hydrogen-bond acceptors (Lipinski definition) is 1. The molecule has 0 amide bonds. The third kappa shape index (κ3) is 4.96. The molecule has 37 heavy (non-hydrogen) atoms. The number of para-hydroxylation sites is 1. The Balaban J connectivity index is 1.58. The first kappa shape index (κ1) is 25.0. The van der Waals surface area contributed by atoms with E-state index in [-0.39, 0.29) is 5.75 Å². The molecule has 5 aromatic carbocycles. The maximum absolute atomic E-state index is 14.5. The molecule has 1 nitrogen and oxygen atoms in total. The molecule has 0 aliphatic heterocycles. The van der Waals surface area contributed by atoms with Crippen molar-refractivity contribution in [2.45, 2.75) is 0 Å². The predicted octanol–water partition coefficient (Wildman–Crippen LogP) is 8.31. The van der Waals surface area contributed by atoms with Gasteiger partial charge in [-0.2, -0.15) is 0 Å². The van der Waals surface area contributed by atoms with Crippen LogP contribution in [0.5, 0.6) is 11.5 Å². The second-order valence-corrected chi connectivity index (χ2v) is 15.4. The Kier molecular flexibility index (Phi) is 7.24. The number of allylic oxidation sites excluding steroid dienone is 1. The molecule has 0 aromatic heterocycles. The maximum atomic E-state index is 14.5. The first-order valence-electron chi connectivity index (χ1n) is 12.2. The van der Waals surface area contributed by atoms with Gasteiger partial charge in [-0.3, -0.25) is 0 Å². The molecule has 184 valence electrons. The third-order valence-electron chi connectivity index (χ3n) is 6.57. The fourth-order valence-corrected chi connectivity index (χ4v) is 10.3. The van der Waals surface area contributed by atoms with Gasteiger partial charge in [-0.15, -0.1) is 0 Å². The first-order valence-corrected chi connectivity index (χ1v) is 15.5. The zero-order valence-corrected chi connectivity index (χ0v) is 21.9. The molecule has 0 fully saturated rings. The summed E-state index contributed by atoms with van der Waals surface area (Å²) in [6.45, 7) is 0. The van der Waals surface area contributed by atoms with Gasteiger partial charge in [-0.1, -0.05) is 0 Å². The van der Waals surface area contributed by atoms with Crippen LogP contribution >= 0.6 is 17.2 Å². The minimum atomic E-state index is -3.40. The van der Waals surface area contributed by atoms with Crippen LogP contribution in [0.3, 0.4) is 0 Å².